The Bertz CT molecular complexity index is 375. The third kappa shape index (κ3) is 13.3. The van der Waals surface area contributed by atoms with E-state index in [2.05, 4.69) is 5.18 Å². The molecule has 0 aromatic carbocycles. The SMILES string of the molecule is CC.C[C@@H](CN(CC(N)=O)CC(=O)O)N(CCN=O)CC(=O)O. The van der Waals surface area contributed by atoms with Crippen LogP contribution in [0.4, 0.5) is 0 Å². The summed E-state index contributed by atoms with van der Waals surface area (Å²) in [6, 6.07) is -0.387. The summed E-state index contributed by atoms with van der Waals surface area (Å²) in [6.07, 6.45) is 0. The van der Waals surface area contributed by atoms with Crippen LogP contribution in [-0.2, 0) is 14.4 Å². The maximum absolute atomic E-state index is 10.9. The average molecular weight is 334 g/mol. The molecule has 134 valence electrons. The molecule has 0 rings (SSSR count). The Hall–Kier alpha value is -2.07. The topological polar surface area (TPSA) is 154 Å². The Balaban J connectivity index is 0. The second-order valence-corrected chi connectivity index (χ2v) is 4.60. The lowest BCUT2D eigenvalue weighted by molar-refractivity contribution is -0.141. The van der Waals surface area contributed by atoms with Gasteiger partial charge < -0.3 is 15.9 Å². The highest BCUT2D eigenvalue weighted by molar-refractivity contribution is 5.77. The zero-order valence-corrected chi connectivity index (χ0v) is 13.8. The van der Waals surface area contributed by atoms with E-state index in [1.165, 1.54) is 9.80 Å². The first kappa shape index (κ1) is 23.2. The summed E-state index contributed by atoms with van der Waals surface area (Å²) in [5, 5.41) is 20.3. The van der Waals surface area contributed by atoms with Crippen LogP contribution < -0.4 is 5.73 Å². The lowest BCUT2D eigenvalue weighted by atomic mass is 10.2. The number of hydrogen-bond acceptors (Lipinski definition) is 7. The molecule has 0 saturated heterocycles. The molecule has 1 atom stereocenters. The average Bonchev–Trinajstić information content (AvgIpc) is 2.43. The molecule has 4 N–H and O–H groups in total. The van der Waals surface area contributed by atoms with Crippen LogP contribution >= 0.6 is 0 Å². The monoisotopic (exact) mass is 334 g/mol. The molecular formula is C13H26N4O6. The van der Waals surface area contributed by atoms with Crippen molar-refractivity contribution in [2.24, 2.45) is 10.9 Å². The van der Waals surface area contributed by atoms with Crippen LogP contribution in [0.25, 0.3) is 0 Å². The van der Waals surface area contributed by atoms with Crippen molar-refractivity contribution in [2.45, 2.75) is 26.8 Å². The van der Waals surface area contributed by atoms with Crippen molar-refractivity contribution in [3.05, 3.63) is 4.91 Å². The zero-order chi connectivity index (χ0) is 18.4. The minimum atomic E-state index is -1.12. The summed E-state index contributed by atoms with van der Waals surface area (Å²) < 4.78 is 0. The largest absolute Gasteiger partial charge is 0.480 e. The Labute approximate surface area is 135 Å². The number of amides is 1. The van der Waals surface area contributed by atoms with E-state index >= 15 is 0 Å². The van der Waals surface area contributed by atoms with E-state index in [-0.39, 0.29) is 45.3 Å². The number of nitroso groups, excluding NO2 is 1. The van der Waals surface area contributed by atoms with E-state index in [9.17, 15) is 19.3 Å². The summed E-state index contributed by atoms with van der Waals surface area (Å²) in [6.45, 7) is 4.91. The summed E-state index contributed by atoms with van der Waals surface area (Å²) in [5.41, 5.74) is 5.04. The molecule has 0 aromatic rings. The zero-order valence-electron chi connectivity index (χ0n) is 13.8. The van der Waals surface area contributed by atoms with Crippen LogP contribution in [0.2, 0.25) is 0 Å². The molecule has 0 fully saturated rings. The standard InChI is InChI=1S/C11H20N4O6.C2H6/c1-8(15(3-2-13-21)7-11(19)20)4-14(5-9(12)16)6-10(17)18;1-2/h8H,2-7H2,1H3,(H2,12,16)(H,17,18)(H,19,20);1-2H3/t8-;/m0./s1. The molecule has 0 heterocycles. The molecular weight excluding hydrogens is 308 g/mol. The summed E-state index contributed by atoms with van der Waals surface area (Å²) >= 11 is 0. The van der Waals surface area contributed by atoms with E-state index < -0.39 is 17.8 Å². The fourth-order valence-electron chi connectivity index (χ4n) is 1.88. The smallest absolute Gasteiger partial charge is 0.317 e. The van der Waals surface area contributed by atoms with Gasteiger partial charge in [0.05, 0.1) is 26.2 Å². The normalized spacial score (nSPS) is 11.5. The number of hydrogen-bond donors (Lipinski definition) is 3. The van der Waals surface area contributed by atoms with Crippen LogP contribution in [0.15, 0.2) is 5.18 Å². The number of carbonyl (C=O) groups excluding carboxylic acids is 1. The first-order valence-electron chi connectivity index (χ1n) is 7.23. The maximum atomic E-state index is 10.9. The molecule has 0 saturated carbocycles. The number of carboxylic acids is 2. The second-order valence-electron chi connectivity index (χ2n) is 4.60. The number of aliphatic carboxylic acids is 2. The van der Waals surface area contributed by atoms with E-state index in [0.29, 0.717) is 0 Å². The van der Waals surface area contributed by atoms with Gasteiger partial charge >= 0.3 is 11.9 Å². The number of rotatable bonds is 12. The predicted octanol–water partition coefficient (Wildman–Crippen LogP) is -0.574. The van der Waals surface area contributed by atoms with Crippen LogP contribution in [0.1, 0.15) is 20.8 Å². The molecule has 0 unspecified atom stereocenters. The van der Waals surface area contributed by atoms with E-state index in [1.54, 1.807) is 6.92 Å². The number of carboxylic acid groups (broad SMARTS) is 2. The first-order chi connectivity index (χ1) is 10.8. The molecule has 0 radical (unpaired) electrons. The third-order valence-electron chi connectivity index (χ3n) is 2.70. The van der Waals surface area contributed by atoms with Crippen molar-refractivity contribution in [3.63, 3.8) is 0 Å². The van der Waals surface area contributed by atoms with Gasteiger partial charge in [-0.05, 0) is 6.92 Å². The molecule has 0 spiro atoms. The van der Waals surface area contributed by atoms with Crippen molar-refractivity contribution in [1.82, 2.24) is 9.80 Å². The number of primary amides is 1. The highest BCUT2D eigenvalue weighted by Gasteiger charge is 2.21. The summed E-state index contributed by atoms with van der Waals surface area (Å²) in [4.78, 5) is 45.4. The predicted molar refractivity (Wildman–Crippen MR) is 84.0 cm³/mol. The van der Waals surface area contributed by atoms with Gasteiger partial charge in [-0.1, -0.05) is 19.0 Å². The van der Waals surface area contributed by atoms with Crippen molar-refractivity contribution in [1.29, 1.82) is 0 Å². The highest BCUT2D eigenvalue weighted by Crippen LogP contribution is 2.03. The van der Waals surface area contributed by atoms with Gasteiger partial charge in [0.25, 0.3) is 0 Å². The van der Waals surface area contributed by atoms with Gasteiger partial charge in [-0.25, -0.2) is 0 Å². The quantitative estimate of drug-likeness (QED) is 0.401. The van der Waals surface area contributed by atoms with Crippen LogP contribution in [0, 0.1) is 4.91 Å². The van der Waals surface area contributed by atoms with Crippen molar-refractivity contribution in [3.8, 4) is 0 Å². The van der Waals surface area contributed by atoms with Crippen molar-refractivity contribution >= 4 is 17.8 Å². The van der Waals surface area contributed by atoms with Crippen LogP contribution in [0.5, 0.6) is 0 Å². The van der Waals surface area contributed by atoms with Crippen LogP contribution in [-0.4, -0.2) is 83.2 Å². The van der Waals surface area contributed by atoms with Crippen molar-refractivity contribution < 1.29 is 24.6 Å². The minimum Gasteiger partial charge on any atom is -0.480 e. The molecule has 0 aliphatic rings. The fourth-order valence-corrected chi connectivity index (χ4v) is 1.88. The molecule has 0 bridgehead atoms. The molecule has 10 nitrogen and oxygen atoms in total. The second kappa shape index (κ2) is 13.6. The van der Waals surface area contributed by atoms with Gasteiger partial charge in [0.1, 0.15) is 0 Å². The van der Waals surface area contributed by atoms with Crippen LogP contribution in [0.3, 0.4) is 0 Å². The minimum absolute atomic E-state index is 0.0770. The molecule has 0 aliphatic heterocycles. The fraction of sp³-hybridized carbons (Fsp3) is 0.769. The van der Waals surface area contributed by atoms with Gasteiger partial charge in [-0.15, -0.1) is 0 Å². The van der Waals surface area contributed by atoms with E-state index in [1.807, 2.05) is 13.8 Å². The molecule has 10 heteroatoms. The van der Waals surface area contributed by atoms with E-state index in [4.69, 9.17) is 15.9 Å². The van der Waals surface area contributed by atoms with Gasteiger partial charge in [-0.2, -0.15) is 4.91 Å². The summed E-state index contributed by atoms with van der Waals surface area (Å²) in [7, 11) is 0. The molecule has 0 aliphatic carbocycles. The third-order valence-corrected chi connectivity index (χ3v) is 2.70. The summed E-state index contributed by atoms with van der Waals surface area (Å²) in [5.74, 6) is -2.88. The lowest BCUT2D eigenvalue weighted by Gasteiger charge is -2.30. The van der Waals surface area contributed by atoms with Crippen molar-refractivity contribution in [2.75, 3.05) is 39.3 Å². The van der Waals surface area contributed by atoms with Gasteiger partial charge in [0, 0.05) is 19.1 Å². The lowest BCUT2D eigenvalue weighted by Crippen LogP contribution is -2.48. The Morgan fingerprint density at radius 2 is 1.61 bits per heavy atom. The first-order valence-corrected chi connectivity index (χ1v) is 7.23. The Kier molecular flexibility index (Phi) is 13.7. The number of nitrogens with two attached hydrogens (primary N) is 1. The van der Waals surface area contributed by atoms with Gasteiger partial charge in [0.2, 0.25) is 5.91 Å². The Morgan fingerprint density at radius 3 is 2.00 bits per heavy atom. The molecule has 1 amide bonds. The molecule has 0 aromatic heterocycles. The maximum Gasteiger partial charge on any atom is 0.317 e. The van der Waals surface area contributed by atoms with E-state index in [0.717, 1.165) is 0 Å². The number of carbonyl (C=O) groups is 3. The molecule has 23 heavy (non-hydrogen) atoms. The highest BCUT2D eigenvalue weighted by atomic mass is 16.4. The van der Waals surface area contributed by atoms with Gasteiger partial charge in [0.15, 0.2) is 0 Å². The van der Waals surface area contributed by atoms with Gasteiger partial charge in [-0.3, -0.25) is 24.2 Å². The Morgan fingerprint density at radius 1 is 1.09 bits per heavy atom. The number of nitrogens with zero attached hydrogens (tertiary/aromatic N) is 3.